The lowest BCUT2D eigenvalue weighted by molar-refractivity contribution is -0.165. The summed E-state index contributed by atoms with van der Waals surface area (Å²) < 4.78 is 40.7. The second kappa shape index (κ2) is 8.66. The summed E-state index contributed by atoms with van der Waals surface area (Å²) in [6.07, 6.45) is 2.39. The highest BCUT2D eigenvalue weighted by Crippen LogP contribution is 2.30. The zero-order chi connectivity index (χ0) is 25.6. The summed E-state index contributed by atoms with van der Waals surface area (Å²) in [5.41, 5.74) is 3.53. The number of nitrogens with one attached hydrogen (secondary N) is 1. The number of hydrogen-bond donors (Lipinski definition) is 3. The van der Waals surface area contributed by atoms with Gasteiger partial charge in [-0.15, -0.1) is 5.10 Å². The Bertz CT molecular complexity index is 1470. The van der Waals surface area contributed by atoms with E-state index >= 15 is 0 Å². The minimum atomic E-state index is -2.42. The number of nitrogens with zero attached hydrogens (tertiary/aromatic N) is 5. The smallest absolute Gasteiger partial charge is 0.261 e. The summed E-state index contributed by atoms with van der Waals surface area (Å²) in [5, 5.41) is 20.8. The molecule has 0 radical (unpaired) electrons. The lowest BCUT2D eigenvalue weighted by atomic mass is 9.95. The van der Waals surface area contributed by atoms with E-state index in [1.807, 2.05) is 0 Å². The Hall–Kier alpha value is -4.43. The van der Waals surface area contributed by atoms with Crippen LogP contribution in [0.5, 0.6) is 0 Å². The first-order valence-corrected chi connectivity index (χ1v) is 10.6. The molecule has 4 N–H and O–H groups in total. The number of amides is 2. The average molecular weight is 499 g/mol. The molecule has 0 bridgehead atoms. The zero-order valence-electron chi connectivity index (χ0n) is 18.7. The first kappa shape index (κ1) is 23.3. The minimum Gasteiger partial charge on any atom is -0.380 e. The molecule has 3 aromatic heterocycles. The van der Waals surface area contributed by atoms with E-state index in [1.54, 1.807) is 12.1 Å². The fourth-order valence-corrected chi connectivity index (χ4v) is 3.85. The van der Waals surface area contributed by atoms with Crippen LogP contribution < -0.4 is 16.0 Å². The molecule has 1 fully saturated rings. The highest BCUT2D eigenvalue weighted by molar-refractivity contribution is 6.06. The minimum absolute atomic E-state index is 0.0288. The molecule has 0 saturated carbocycles. The Kier molecular flexibility index (Phi) is 5.61. The predicted molar refractivity (Wildman–Crippen MR) is 121 cm³/mol. The maximum atomic E-state index is 14.8. The molecule has 1 aromatic carbocycles. The number of anilines is 3. The molecule has 4 aromatic rings. The van der Waals surface area contributed by atoms with Crippen LogP contribution in [0.3, 0.4) is 0 Å². The maximum absolute atomic E-state index is 14.8. The monoisotopic (exact) mass is 499 g/mol. The van der Waals surface area contributed by atoms with Crippen LogP contribution in [0.15, 0.2) is 47.4 Å². The van der Waals surface area contributed by atoms with E-state index in [0.29, 0.717) is 5.69 Å². The van der Waals surface area contributed by atoms with Crippen molar-refractivity contribution in [2.24, 2.45) is 0 Å². The highest BCUT2D eigenvalue weighted by atomic mass is 19.1. The molecule has 186 valence electrons. The Balaban J connectivity index is 1.38. The molecule has 4 heterocycles. The number of hydrogen-bond acceptors (Lipinski definition) is 9. The van der Waals surface area contributed by atoms with Crippen LogP contribution in [0.25, 0.3) is 16.7 Å². The Morgan fingerprint density at radius 3 is 2.78 bits per heavy atom. The SMILES string of the molecule is C[C@](O)(C(=O)Nc1cc(F)c2c(N)noc2c1)[C@H]1OCCN(c2nn(-c3ccncc3)cc2F)C1=O. The summed E-state index contributed by atoms with van der Waals surface area (Å²) in [6, 6.07) is 5.42. The van der Waals surface area contributed by atoms with E-state index in [2.05, 4.69) is 20.6 Å². The van der Waals surface area contributed by atoms with Crippen molar-refractivity contribution in [3.8, 4) is 5.69 Å². The van der Waals surface area contributed by atoms with Gasteiger partial charge < -0.3 is 25.4 Å². The zero-order valence-corrected chi connectivity index (χ0v) is 18.7. The number of aliphatic hydroxyl groups is 1. The molecule has 36 heavy (non-hydrogen) atoms. The van der Waals surface area contributed by atoms with Crippen molar-refractivity contribution < 1.29 is 32.7 Å². The molecule has 0 spiro atoms. The lowest BCUT2D eigenvalue weighted by Gasteiger charge is -2.37. The van der Waals surface area contributed by atoms with Gasteiger partial charge in [0.1, 0.15) is 11.2 Å². The van der Waals surface area contributed by atoms with Crippen LogP contribution in [-0.4, -0.2) is 61.7 Å². The lowest BCUT2D eigenvalue weighted by Crippen LogP contribution is -2.61. The second-order valence-corrected chi connectivity index (χ2v) is 8.19. The number of fused-ring (bicyclic) bond motifs is 1. The van der Waals surface area contributed by atoms with Crippen LogP contribution >= 0.6 is 0 Å². The van der Waals surface area contributed by atoms with Crippen molar-refractivity contribution in [1.82, 2.24) is 19.9 Å². The Morgan fingerprint density at radius 1 is 1.28 bits per heavy atom. The van der Waals surface area contributed by atoms with Gasteiger partial charge in [-0.25, -0.2) is 13.5 Å². The number of benzene rings is 1. The molecule has 2 amide bonds. The van der Waals surface area contributed by atoms with Gasteiger partial charge in [-0.1, -0.05) is 5.16 Å². The summed E-state index contributed by atoms with van der Waals surface area (Å²) >= 11 is 0. The number of halogens is 2. The fourth-order valence-electron chi connectivity index (χ4n) is 3.85. The fraction of sp³-hybridized carbons (Fsp3) is 0.227. The summed E-state index contributed by atoms with van der Waals surface area (Å²) in [7, 11) is 0. The Morgan fingerprint density at radius 2 is 2.03 bits per heavy atom. The van der Waals surface area contributed by atoms with Gasteiger partial charge >= 0.3 is 0 Å². The van der Waals surface area contributed by atoms with Gasteiger partial charge in [0.25, 0.3) is 11.8 Å². The normalized spacial score (nSPS) is 17.8. The number of nitrogens with two attached hydrogens (primary N) is 1. The molecule has 5 rings (SSSR count). The molecule has 2 atom stereocenters. The largest absolute Gasteiger partial charge is 0.380 e. The van der Waals surface area contributed by atoms with E-state index in [1.165, 1.54) is 23.1 Å². The highest BCUT2D eigenvalue weighted by Gasteiger charge is 2.49. The van der Waals surface area contributed by atoms with Gasteiger partial charge in [-0.3, -0.25) is 19.5 Å². The van der Waals surface area contributed by atoms with Gasteiger partial charge in [-0.2, -0.15) is 0 Å². The van der Waals surface area contributed by atoms with Crippen molar-refractivity contribution in [3.05, 3.63) is 54.5 Å². The molecular weight excluding hydrogens is 480 g/mol. The third kappa shape index (κ3) is 3.91. The van der Waals surface area contributed by atoms with E-state index in [0.717, 1.165) is 24.1 Å². The van der Waals surface area contributed by atoms with E-state index in [9.17, 15) is 23.5 Å². The van der Waals surface area contributed by atoms with Crippen molar-refractivity contribution in [3.63, 3.8) is 0 Å². The van der Waals surface area contributed by atoms with E-state index in [4.69, 9.17) is 15.0 Å². The van der Waals surface area contributed by atoms with Crippen LogP contribution in [0.2, 0.25) is 0 Å². The van der Waals surface area contributed by atoms with Crippen LogP contribution in [0.4, 0.5) is 26.1 Å². The van der Waals surface area contributed by atoms with E-state index in [-0.39, 0.29) is 41.4 Å². The molecule has 12 nitrogen and oxygen atoms in total. The van der Waals surface area contributed by atoms with Gasteiger partial charge in [-0.05, 0) is 25.1 Å². The third-order valence-electron chi connectivity index (χ3n) is 5.71. The van der Waals surface area contributed by atoms with Gasteiger partial charge in [0.15, 0.2) is 34.7 Å². The van der Waals surface area contributed by atoms with Crippen LogP contribution in [0.1, 0.15) is 6.92 Å². The first-order valence-electron chi connectivity index (χ1n) is 10.6. The molecular formula is C22H19F2N7O5. The number of ether oxygens (including phenoxy) is 1. The molecule has 1 saturated heterocycles. The van der Waals surface area contributed by atoms with E-state index < -0.39 is 35.2 Å². The van der Waals surface area contributed by atoms with Crippen molar-refractivity contribution in [2.75, 3.05) is 29.1 Å². The quantitative estimate of drug-likeness (QED) is 0.368. The van der Waals surface area contributed by atoms with Crippen LogP contribution in [-0.2, 0) is 14.3 Å². The molecule has 14 heteroatoms. The number of pyridine rings is 1. The van der Waals surface area contributed by atoms with Crippen LogP contribution in [0, 0.1) is 11.6 Å². The van der Waals surface area contributed by atoms with Crippen molar-refractivity contribution in [1.29, 1.82) is 0 Å². The molecule has 1 aliphatic rings. The maximum Gasteiger partial charge on any atom is 0.261 e. The average Bonchev–Trinajstić information content (AvgIpc) is 3.42. The number of aromatic nitrogens is 4. The third-order valence-corrected chi connectivity index (χ3v) is 5.71. The topological polar surface area (TPSA) is 162 Å². The van der Waals surface area contributed by atoms with Crippen molar-refractivity contribution >= 4 is 40.1 Å². The summed E-state index contributed by atoms with van der Waals surface area (Å²) in [4.78, 5) is 31.0. The predicted octanol–water partition coefficient (Wildman–Crippen LogP) is 1.39. The Labute approximate surface area is 201 Å². The standard InChI is InChI=1S/C22H19F2N7O5/c1-22(34,21(33)27-11-8-13(23)16-15(9-11)36-29-18(16)25)17-20(32)30(6-7-35-17)19-14(24)10-31(28-19)12-2-4-26-5-3-12/h2-5,8-10,17,34H,6-7H2,1H3,(H2,25,29)(H,27,33)/t17-,22+/m0/s1. The second-order valence-electron chi connectivity index (χ2n) is 8.19. The number of rotatable bonds is 5. The number of carbonyl (C=O) groups is 2. The van der Waals surface area contributed by atoms with Gasteiger partial charge in [0.05, 0.1) is 25.0 Å². The number of carbonyl (C=O) groups excluding carboxylic acids is 2. The summed E-state index contributed by atoms with van der Waals surface area (Å²) in [5.74, 6) is -4.01. The number of morpholine rings is 1. The first-order chi connectivity index (χ1) is 17.2. The van der Waals surface area contributed by atoms with Gasteiger partial charge in [0, 0.05) is 24.1 Å². The number of nitrogen functional groups attached to an aromatic ring is 1. The summed E-state index contributed by atoms with van der Waals surface area (Å²) in [6.45, 7) is 0.882. The molecule has 0 unspecified atom stereocenters. The molecule has 1 aliphatic heterocycles. The van der Waals surface area contributed by atoms with Crippen molar-refractivity contribution in [2.45, 2.75) is 18.6 Å². The van der Waals surface area contributed by atoms with Gasteiger partial charge in [0.2, 0.25) is 0 Å². The molecule has 0 aliphatic carbocycles.